The van der Waals surface area contributed by atoms with E-state index in [1.165, 1.54) is 0 Å². The van der Waals surface area contributed by atoms with Gasteiger partial charge in [-0.25, -0.2) is 0 Å². The van der Waals surface area contributed by atoms with Crippen molar-refractivity contribution in [2.24, 2.45) is 10.2 Å². The summed E-state index contributed by atoms with van der Waals surface area (Å²) in [5.74, 6) is -0.0127. The van der Waals surface area contributed by atoms with Crippen LogP contribution in [0.2, 0.25) is 0 Å². The summed E-state index contributed by atoms with van der Waals surface area (Å²) in [7, 11) is 0. The number of amides is 1. The lowest BCUT2D eigenvalue weighted by molar-refractivity contribution is -0.115. The molecule has 0 aliphatic heterocycles. The number of hydrogen-bond acceptors (Lipinski definition) is 4. The molecule has 0 saturated carbocycles. The fraction of sp³-hybridized carbons (Fsp3) is 0.133. The van der Waals surface area contributed by atoms with E-state index in [-0.39, 0.29) is 5.91 Å². The molecule has 0 aromatic heterocycles. The largest absolute Gasteiger partial charge is 0.399 e. The van der Waals surface area contributed by atoms with Crippen molar-refractivity contribution in [3.05, 3.63) is 48.5 Å². The number of azo groups is 1. The van der Waals surface area contributed by atoms with Gasteiger partial charge < -0.3 is 11.1 Å². The zero-order chi connectivity index (χ0) is 14.4. The SMILES string of the molecule is CCC(=O)Nc1ccc(/N=N/c2ccc(N)cc2)cc1. The van der Waals surface area contributed by atoms with Crippen LogP contribution in [0.5, 0.6) is 0 Å². The molecule has 0 unspecified atom stereocenters. The normalized spacial score (nSPS) is 10.7. The third-order valence-electron chi connectivity index (χ3n) is 2.65. The van der Waals surface area contributed by atoms with Gasteiger partial charge in [-0.15, -0.1) is 0 Å². The molecule has 1 amide bonds. The lowest BCUT2D eigenvalue weighted by Gasteiger charge is -2.02. The summed E-state index contributed by atoms with van der Waals surface area (Å²) in [5, 5.41) is 11.0. The van der Waals surface area contributed by atoms with Gasteiger partial charge in [0.1, 0.15) is 0 Å². The number of rotatable bonds is 4. The molecule has 0 bridgehead atoms. The van der Waals surface area contributed by atoms with E-state index in [4.69, 9.17) is 5.73 Å². The number of nitrogens with one attached hydrogen (secondary N) is 1. The van der Waals surface area contributed by atoms with E-state index in [0.29, 0.717) is 12.1 Å². The molecule has 0 aliphatic rings. The molecule has 0 radical (unpaired) electrons. The van der Waals surface area contributed by atoms with E-state index in [1.54, 1.807) is 48.5 Å². The molecule has 20 heavy (non-hydrogen) atoms. The molecule has 0 saturated heterocycles. The van der Waals surface area contributed by atoms with Crippen LogP contribution in [-0.4, -0.2) is 5.91 Å². The van der Waals surface area contributed by atoms with Crippen molar-refractivity contribution in [3.8, 4) is 0 Å². The molecular formula is C15H16N4O. The molecule has 2 rings (SSSR count). The molecule has 3 N–H and O–H groups in total. The lowest BCUT2D eigenvalue weighted by Crippen LogP contribution is -2.08. The Bertz CT molecular complexity index is 603. The molecule has 5 nitrogen and oxygen atoms in total. The first-order valence-electron chi connectivity index (χ1n) is 6.34. The number of nitrogens with two attached hydrogens (primary N) is 1. The summed E-state index contributed by atoms with van der Waals surface area (Å²) in [6.07, 6.45) is 0.457. The van der Waals surface area contributed by atoms with E-state index < -0.39 is 0 Å². The van der Waals surface area contributed by atoms with Crippen LogP contribution >= 0.6 is 0 Å². The first-order chi connectivity index (χ1) is 9.67. The monoisotopic (exact) mass is 268 g/mol. The van der Waals surface area contributed by atoms with Crippen molar-refractivity contribution in [3.63, 3.8) is 0 Å². The molecule has 2 aromatic rings. The predicted octanol–water partition coefficient (Wildman–Crippen LogP) is 4.03. The maximum atomic E-state index is 11.2. The highest BCUT2D eigenvalue weighted by Crippen LogP contribution is 2.21. The van der Waals surface area contributed by atoms with E-state index in [9.17, 15) is 4.79 Å². The Morgan fingerprint density at radius 3 is 2.00 bits per heavy atom. The molecule has 0 spiro atoms. The van der Waals surface area contributed by atoms with E-state index in [1.807, 2.05) is 6.92 Å². The molecule has 5 heteroatoms. The Labute approximate surface area is 117 Å². The lowest BCUT2D eigenvalue weighted by atomic mass is 10.3. The summed E-state index contributed by atoms with van der Waals surface area (Å²) in [6.45, 7) is 1.81. The van der Waals surface area contributed by atoms with E-state index >= 15 is 0 Å². The van der Waals surface area contributed by atoms with Gasteiger partial charge >= 0.3 is 0 Å². The highest BCUT2D eigenvalue weighted by molar-refractivity contribution is 5.90. The fourth-order valence-corrected chi connectivity index (χ4v) is 1.52. The van der Waals surface area contributed by atoms with Crippen molar-refractivity contribution in [1.82, 2.24) is 0 Å². The van der Waals surface area contributed by atoms with Crippen molar-refractivity contribution in [2.45, 2.75) is 13.3 Å². The van der Waals surface area contributed by atoms with Gasteiger partial charge in [0.2, 0.25) is 5.91 Å². The quantitative estimate of drug-likeness (QED) is 0.648. The van der Waals surface area contributed by atoms with Crippen molar-refractivity contribution in [2.75, 3.05) is 11.1 Å². The van der Waals surface area contributed by atoms with Crippen molar-refractivity contribution in [1.29, 1.82) is 0 Å². The Kier molecular flexibility index (Phi) is 4.44. The predicted molar refractivity (Wildman–Crippen MR) is 80.4 cm³/mol. The van der Waals surface area contributed by atoms with Gasteiger partial charge in [0.05, 0.1) is 11.4 Å². The van der Waals surface area contributed by atoms with E-state index in [0.717, 1.165) is 17.1 Å². The van der Waals surface area contributed by atoms with Crippen LogP contribution in [0.15, 0.2) is 58.8 Å². The van der Waals surface area contributed by atoms with Gasteiger partial charge in [0.25, 0.3) is 0 Å². The molecule has 0 atom stereocenters. The van der Waals surface area contributed by atoms with Crippen LogP contribution in [0.1, 0.15) is 13.3 Å². The Morgan fingerprint density at radius 2 is 1.50 bits per heavy atom. The average Bonchev–Trinajstić information content (AvgIpc) is 2.48. The van der Waals surface area contributed by atoms with Gasteiger partial charge in [0.15, 0.2) is 0 Å². The van der Waals surface area contributed by atoms with Gasteiger partial charge in [-0.2, -0.15) is 10.2 Å². The maximum absolute atomic E-state index is 11.2. The minimum Gasteiger partial charge on any atom is -0.399 e. The van der Waals surface area contributed by atoms with Crippen LogP contribution in [0.4, 0.5) is 22.7 Å². The second-order valence-electron chi connectivity index (χ2n) is 4.24. The number of nitrogens with zero attached hydrogens (tertiary/aromatic N) is 2. The first-order valence-corrected chi connectivity index (χ1v) is 6.34. The molecule has 0 heterocycles. The summed E-state index contributed by atoms with van der Waals surface area (Å²) < 4.78 is 0. The highest BCUT2D eigenvalue weighted by atomic mass is 16.1. The summed E-state index contributed by atoms with van der Waals surface area (Å²) in [4.78, 5) is 11.2. The number of anilines is 2. The van der Waals surface area contributed by atoms with Gasteiger partial charge in [-0.1, -0.05) is 6.92 Å². The summed E-state index contributed by atoms with van der Waals surface area (Å²) in [6, 6.07) is 14.3. The standard InChI is InChI=1S/C15H16N4O/c1-2-15(20)17-12-7-9-14(10-8-12)19-18-13-5-3-11(16)4-6-13/h3-10H,2,16H2,1H3,(H,17,20)/b19-18+. The van der Waals surface area contributed by atoms with Gasteiger partial charge in [-0.05, 0) is 48.5 Å². The second kappa shape index (κ2) is 6.47. The van der Waals surface area contributed by atoms with E-state index in [2.05, 4.69) is 15.5 Å². The topological polar surface area (TPSA) is 79.8 Å². The van der Waals surface area contributed by atoms with Gasteiger partial charge in [0, 0.05) is 17.8 Å². The van der Waals surface area contributed by atoms with Crippen molar-refractivity contribution >= 4 is 28.7 Å². The zero-order valence-electron chi connectivity index (χ0n) is 11.2. The number of hydrogen-bond donors (Lipinski definition) is 2. The van der Waals surface area contributed by atoms with Gasteiger partial charge in [-0.3, -0.25) is 4.79 Å². The molecule has 102 valence electrons. The number of benzene rings is 2. The number of nitrogen functional groups attached to an aromatic ring is 1. The third-order valence-corrected chi connectivity index (χ3v) is 2.65. The summed E-state index contributed by atoms with van der Waals surface area (Å²) >= 11 is 0. The number of carbonyl (C=O) groups is 1. The Morgan fingerprint density at radius 1 is 1.00 bits per heavy atom. The Balaban J connectivity index is 2.03. The first kappa shape index (κ1) is 13.7. The molecular weight excluding hydrogens is 252 g/mol. The average molecular weight is 268 g/mol. The zero-order valence-corrected chi connectivity index (χ0v) is 11.2. The third kappa shape index (κ3) is 3.91. The minimum atomic E-state index is -0.0127. The fourth-order valence-electron chi connectivity index (χ4n) is 1.52. The summed E-state index contributed by atoms with van der Waals surface area (Å²) in [5.41, 5.74) is 8.50. The molecule has 0 fully saturated rings. The van der Waals surface area contributed by atoms with Crippen LogP contribution in [0.25, 0.3) is 0 Å². The molecule has 2 aromatic carbocycles. The Hall–Kier alpha value is -2.69. The van der Waals surface area contributed by atoms with Crippen LogP contribution in [-0.2, 0) is 4.79 Å². The van der Waals surface area contributed by atoms with Crippen molar-refractivity contribution < 1.29 is 4.79 Å². The minimum absolute atomic E-state index is 0.0127. The van der Waals surface area contributed by atoms with Crippen LogP contribution in [0, 0.1) is 0 Å². The highest BCUT2D eigenvalue weighted by Gasteiger charge is 1.98. The second-order valence-corrected chi connectivity index (χ2v) is 4.24. The molecule has 0 aliphatic carbocycles. The number of carbonyl (C=O) groups excluding carboxylic acids is 1. The smallest absolute Gasteiger partial charge is 0.224 e. The maximum Gasteiger partial charge on any atom is 0.224 e. The van der Waals surface area contributed by atoms with Crippen LogP contribution < -0.4 is 11.1 Å². The van der Waals surface area contributed by atoms with Crippen LogP contribution in [0.3, 0.4) is 0 Å².